The molecule has 2 rings (SSSR count). The summed E-state index contributed by atoms with van der Waals surface area (Å²) < 4.78 is 5.45. The van der Waals surface area contributed by atoms with Crippen molar-refractivity contribution in [1.29, 1.82) is 0 Å². The van der Waals surface area contributed by atoms with Crippen LogP contribution in [0.1, 0.15) is 31.9 Å². The van der Waals surface area contributed by atoms with Crippen molar-refractivity contribution < 1.29 is 4.74 Å². The first-order chi connectivity index (χ1) is 8.97. The lowest BCUT2D eigenvalue weighted by Crippen LogP contribution is -2.13. The Bertz CT molecular complexity index is 567. The maximum Gasteiger partial charge on any atom is 0.122 e. The highest BCUT2D eigenvalue weighted by Crippen LogP contribution is 2.35. The fourth-order valence-electron chi connectivity index (χ4n) is 2.17. The molecule has 0 aliphatic rings. The Hall–Kier alpha value is -1.81. The highest BCUT2D eigenvalue weighted by atomic mass is 16.5. The highest BCUT2D eigenvalue weighted by molar-refractivity contribution is 5.65. The molecule has 0 saturated heterocycles. The number of benzene rings is 1. The SMILES string of the molecule is COc1ccc(-c2[nH]ncc2CN)cc1C(C)(C)C. The van der Waals surface area contributed by atoms with Crippen molar-refractivity contribution in [2.45, 2.75) is 32.7 Å². The van der Waals surface area contributed by atoms with Gasteiger partial charge in [0.1, 0.15) is 5.75 Å². The summed E-state index contributed by atoms with van der Waals surface area (Å²) in [5.74, 6) is 0.907. The molecule has 4 nitrogen and oxygen atoms in total. The molecular weight excluding hydrogens is 238 g/mol. The molecule has 0 radical (unpaired) electrons. The van der Waals surface area contributed by atoms with Gasteiger partial charge in [-0.2, -0.15) is 5.10 Å². The van der Waals surface area contributed by atoms with Crippen molar-refractivity contribution >= 4 is 0 Å². The molecule has 0 unspecified atom stereocenters. The van der Waals surface area contributed by atoms with Crippen LogP contribution in [0, 0.1) is 0 Å². The third-order valence-corrected chi connectivity index (χ3v) is 3.23. The maximum atomic E-state index is 5.73. The summed E-state index contributed by atoms with van der Waals surface area (Å²) in [6.07, 6.45) is 1.77. The number of ether oxygens (including phenoxy) is 1. The summed E-state index contributed by atoms with van der Waals surface area (Å²) >= 11 is 0. The minimum Gasteiger partial charge on any atom is -0.496 e. The Balaban J connectivity index is 2.55. The van der Waals surface area contributed by atoms with Gasteiger partial charge in [-0.25, -0.2) is 0 Å². The second kappa shape index (κ2) is 5.05. The van der Waals surface area contributed by atoms with Gasteiger partial charge in [-0.3, -0.25) is 5.10 Å². The standard InChI is InChI=1S/C15H21N3O/c1-15(2,3)12-7-10(5-6-13(12)19-4)14-11(8-16)9-17-18-14/h5-7,9H,8,16H2,1-4H3,(H,17,18). The lowest BCUT2D eigenvalue weighted by atomic mass is 9.85. The van der Waals surface area contributed by atoms with Gasteiger partial charge < -0.3 is 10.5 Å². The molecule has 0 spiro atoms. The Morgan fingerprint density at radius 2 is 2.05 bits per heavy atom. The second-order valence-electron chi connectivity index (χ2n) is 5.64. The molecule has 0 aliphatic carbocycles. The molecular formula is C15H21N3O. The van der Waals surface area contributed by atoms with E-state index in [1.807, 2.05) is 12.1 Å². The monoisotopic (exact) mass is 259 g/mol. The van der Waals surface area contributed by atoms with Gasteiger partial charge in [-0.1, -0.05) is 20.8 Å². The van der Waals surface area contributed by atoms with Crippen LogP contribution in [0.3, 0.4) is 0 Å². The molecule has 0 amide bonds. The Morgan fingerprint density at radius 1 is 1.32 bits per heavy atom. The molecule has 2 aromatic rings. The third kappa shape index (κ3) is 2.63. The van der Waals surface area contributed by atoms with E-state index in [1.165, 1.54) is 5.56 Å². The number of rotatable bonds is 3. The lowest BCUT2D eigenvalue weighted by molar-refractivity contribution is 0.397. The Kier molecular flexibility index (Phi) is 3.62. The second-order valence-corrected chi connectivity index (χ2v) is 5.64. The van der Waals surface area contributed by atoms with Crippen LogP contribution in [0.15, 0.2) is 24.4 Å². The molecule has 102 valence electrons. The van der Waals surface area contributed by atoms with Crippen molar-refractivity contribution in [3.05, 3.63) is 35.5 Å². The van der Waals surface area contributed by atoms with Crippen LogP contribution in [-0.4, -0.2) is 17.3 Å². The molecule has 0 fully saturated rings. The van der Waals surface area contributed by atoms with E-state index in [9.17, 15) is 0 Å². The van der Waals surface area contributed by atoms with Crippen molar-refractivity contribution in [3.8, 4) is 17.0 Å². The van der Waals surface area contributed by atoms with Crippen LogP contribution < -0.4 is 10.5 Å². The zero-order valence-corrected chi connectivity index (χ0v) is 11.9. The number of nitrogens with two attached hydrogens (primary N) is 1. The quantitative estimate of drug-likeness (QED) is 0.890. The normalized spacial score (nSPS) is 11.6. The molecule has 1 heterocycles. The van der Waals surface area contributed by atoms with Crippen LogP contribution in [0.4, 0.5) is 0 Å². The first kappa shape index (κ1) is 13.6. The van der Waals surface area contributed by atoms with Crippen molar-refractivity contribution in [1.82, 2.24) is 10.2 Å². The smallest absolute Gasteiger partial charge is 0.122 e. The zero-order chi connectivity index (χ0) is 14.0. The van der Waals surface area contributed by atoms with Gasteiger partial charge in [0.25, 0.3) is 0 Å². The summed E-state index contributed by atoms with van der Waals surface area (Å²) in [6.45, 7) is 6.99. The molecule has 1 aromatic carbocycles. The number of aromatic amines is 1. The minimum absolute atomic E-state index is 0.0181. The van der Waals surface area contributed by atoms with Crippen LogP contribution in [0.2, 0.25) is 0 Å². The van der Waals surface area contributed by atoms with E-state index < -0.39 is 0 Å². The molecule has 4 heteroatoms. The average Bonchev–Trinajstić information content (AvgIpc) is 2.85. The summed E-state index contributed by atoms with van der Waals surface area (Å²) in [5, 5.41) is 7.09. The van der Waals surface area contributed by atoms with Gasteiger partial charge in [0.2, 0.25) is 0 Å². The maximum absolute atomic E-state index is 5.73. The van der Waals surface area contributed by atoms with Gasteiger partial charge in [0, 0.05) is 23.2 Å². The number of hydrogen-bond donors (Lipinski definition) is 2. The van der Waals surface area contributed by atoms with E-state index in [1.54, 1.807) is 13.3 Å². The van der Waals surface area contributed by atoms with E-state index >= 15 is 0 Å². The lowest BCUT2D eigenvalue weighted by Gasteiger charge is -2.23. The van der Waals surface area contributed by atoms with Gasteiger partial charge in [-0.05, 0) is 23.6 Å². The van der Waals surface area contributed by atoms with Crippen molar-refractivity contribution in [3.63, 3.8) is 0 Å². The van der Waals surface area contributed by atoms with Crippen LogP contribution in [0.5, 0.6) is 5.75 Å². The van der Waals surface area contributed by atoms with E-state index in [2.05, 4.69) is 37.0 Å². The number of aromatic nitrogens is 2. The van der Waals surface area contributed by atoms with Crippen LogP contribution in [-0.2, 0) is 12.0 Å². The molecule has 19 heavy (non-hydrogen) atoms. The summed E-state index contributed by atoms with van der Waals surface area (Å²) in [5.41, 5.74) is 10.0. The fourth-order valence-corrected chi connectivity index (χ4v) is 2.17. The molecule has 0 bridgehead atoms. The summed E-state index contributed by atoms with van der Waals surface area (Å²) in [7, 11) is 1.70. The Morgan fingerprint density at radius 3 is 2.63 bits per heavy atom. The van der Waals surface area contributed by atoms with Crippen molar-refractivity contribution in [2.75, 3.05) is 7.11 Å². The third-order valence-electron chi connectivity index (χ3n) is 3.23. The van der Waals surface area contributed by atoms with Gasteiger partial charge in [-0.15, -0.1) is 0 Å². The predicted molar refractivity (Wildman–Crippen MR) is 77.2 cm³/mol. The Labute approximate surface area is 114 Å². The highest BCUT2D eigenvalue weighted by Gasteiger charge is 2.20. The number of nitrogens with zero attached hydrogens (tertiary/aromatic N) is 1. The molecule has 0 aliphatic heterocycles. The molecule has 0 atom stereocenters. The predicted octanol–water partition coefficient (Wildman–Crippen LogP) is 2.84. The van der Waals surface area contributed by atoms with Gasteiger partial charge >= 0.3 is 0 Å². The number of nitrogens with one attached hydrogen (secondary N) is 1. The van der Waals surface area contributed by atoms with Crippen molar-refractivity contribution in [2.24, 2.45) is 5.73 Å². The van der Waals surface area contributed by atoms with E-state index in [0.29, 0.717) is 6.54 Å². The first-order valence-electron chi connectivity index (χ1n) is 6.38. The fraction of sp³-hybridized carbons (Fsp3) is 0.400. The zero-order valence-electron chi connectivity index (χ0n) is 11.9. The first-order valence-corrected chi connectivity index (χ1v) is 6.38. The largest absolute Gasteiger partial charge is 0.496 e. The van der Waals surface area contributed by atoms with Gasteiger partial charge in [0.05, 0.1) is 19.0 Å². The van der Waals surface area contributed by atoms with Crippen LogP contribution >= 0.6 is 0 Å². The average molecular weight is 259 g/mol. The van der Waals surface area contributed by atoms with Crippen LogP contribution in [0.25, 0.3) is 11.3 Å². The van der Waals surface area contributed by atoms with Gasteiger partial charge in [0.15, 0.2) is 0 Å². The molecule has 3 N–H and O–H groups in total. The topological polar surface area (TPSA) is 63.9 Å². The number of H-pyrrole nitrogens is 1. The molecule has 0 saturated carbocycles. The number of hydrogen-bond acceptors (Lipinski definition) is 3. The summed E-state index contributed by atoms with van der Waals surface area (Å²) in [4.78, 5) is 0. The summed E-state index contributed by atoms with van der Waals surface area (Å²) in [6, 6.07) is 6.17. The van der Waals surface area contributed by atoms with E-state index in [4.69, 9.17) is 10.5 Å². The number of methoxy groups -OCH3 is 1. The minimum atomic E-state index is 0.0181. The van der Waals surface area contributed by atoms with E-state index in [-0.39, 0.29) is 5.41 Å². The molecule has 1 aromatic heterocycles. The van der Waals surface area contributed by atoms with E-state index in [0.717, 1.165) is 22.6 Å².